The van der Waals surface area contributed by atoms with E-state index in [1.54, 1.807) is 24.3 Å². The third-order valence-electron chi connectivity index (χ3n) is 2.42. The van der Waals surface area contributed by atoms with E-state index in [1.165, 1.54) is 6.08 Å². The summed E-state index contributed by atoms with van der Waals surface area (Å²) in [5.41, 5.74) is 6.23. The van der Waals surface area contributed by atoms with Crippen molar-refractivity contribution >= 4 is 35.2 Å². The van der Waals surface area contributed by atoms with Crippen LogP contribution in [0.4, 0.5) is 0 Å². The summed E-state index contributed by atoms with van der Waals surface area (Å²) >= 11 is 11.8. The number of nitrogens with two attached hydrogens (primary N) is 1. The number of carbonyl (C=O) groups is 1. The molecule has 5 heteroatoms. The van der Waals surface area contributed by atoms with Crippen molar-refractivity contribution in [3.05, 3.63) is 52.2 Å². The van der Waals surface area contributed by atoms with Crippen molar-refractivity contribution < 1.29 is 9.21 Å². The quantitative estimate of drug-likeness (QED) is 0.925. The van der Waals surface area contributed by atoms with E-state index in [-0.39, 0.29) is 5.56 Å². The third-order valence-corrected chi connectivity index (χ3v) is 3.15. The van der Waals surface area contributed by atoms with Crippen LogP contribution in [0.25, 0.3) is 17.4 Å². The summed E-state index contributed by atoms with van der Waals surface area (Å²) < 4.78 is 5.49. The van der Waals surface area contributed by atoms with Gasteiger partial charge in [-0.1, -0.05) is 29.8 Å². The molecule has 0 bridgehead atoms. The Bertz CT molecular complexity index is 632. The number of benzene rings is 1. The van der Waals surface area contributed by atoms with Crippen LogP contribution in [0.2, 0.25) is 10.0 Å². The molecule has 0 aliphatic carbocycles. The molecule has 0 spiro atoms. The zero-order valence-corrected chi connectivity index (χ0v) is 10.8. The number of hydrogen-bond donors (Lipinski definition) is 1. The molecule has 0 unspecified atom stereocenters. The first-order valence-electron chi connectivity index (χ1n) is 5.04. The topological polar surface area (TPSA) is 56.2 Å². The van der Waals surface area contributed by atoms with Crippen molar-refractivity contribution in [1.82, 2.24) is 0 Å². The Morgan fingerprint density at radius 3 is 2.50 bits per heavy atom. The lowest BCUT2D eigenvalue weighted by atomic mass is 10.1. The highest BCUT2D eigenvalue weighted by Gasteiger charge is 2.15. The Kier molecular flexibility index (Phi) is 3.45. The van der Waals surface area contributed by atoms with Gasteiger partial charge in [-0.15, -0.1) is 0 Å². The normalized spacial score (nSPS) is 10.3. The molecule has 3 nitrogen and oxygen atoms in total. The van der Waals surface area contributed by atoms with E-state index in [2.05, 4.69) is 6.58 Å². The predicted molar refractivity (Wildman–Crippen MR) is 72.8 cm³/mol. The highest BCUT2D eigenvalue weighted by Crippen LogP contribution is 2.31. The van der Waals surface area contributed by atoms with Gasteiger partial charge in [0.05, 0.1) is 15.6 Å². The maximum atomic E-state index is 11.2. The second-order valence-corrected chi connectivity index (χ2v) is 4.40. The van der Waals surface area contributed by atoms with Crippen LogP contribution in [0.5, 0.6) is 0 Å². The van der Waals surface area contributed by atoms with Gasteiger partial charge in [-0.05, 0) is 30.3 Å². The first-order chi connectivity index (χ1) is 8.52. The molecule has 0 atom stereocenters. The van der Waals surface area contributed by atoms with E-state index in [1.807, 2.05) is 0 Å². The SMILES string of the molecule is C=Cc1oc(-c2ccc(Cl)c(Cl)c2)cc1C(N)=O. The average molecular weight is 282 g/mol. The first kappa shape index (κ1) is 12.7. The maximum absolute atomic E-state index is 11.2. The summed E-state index contributed by atoms with van der Waals surface area (Å²) in [6.07, 6.45) is 1.43. The minimum atomic E-state index is -0.569. The van der Waals surface area contributed by atoms with Gasteiger partial charge in [0.2, 0.25) is 0 Å². The van der Waals surface area contributed by atoms with E-state index in [0.717, 1.165) is 0 Å². The van der Waals surface area contributed by atoms with Crippen LogP contribution < -0.4 is 5.73 Å². The van der Waals surface area contributed by atoms with Gasteiger partial charge in [0.1, 0.15) is 11.5 Å². The molecule has 92 valence electrons. The van der Waals surface area contributed by atoms with E-state index >= 15 is 0 Å². The van der Waals surface area contributed by atoms with Crippen molar-refractivity contribution in [3.8, 4) is 11.3 Å². The fourth-order valence-corrected chi connectivity index (χ4v) is 1.84. The first-order valence-corrected chi connectivity index (χ1v) is 5.80. The Hall–Kier alpha value is -1.71. The van der Waals surface area contributed by atoms with Gasteiger partial charge in [0.15, 0.2) is 0 Å². The van der Waals surface area contributed by atoms with Gasteiger partial charge >= 0.3 is 0 Å². The molecular weight excluding hydrogens is 273 g/mol. The summed E-state index contributed by atoms with van der Waals surface area (Å²) in [5, 5.41) is 0.859. The van der Waals surface area contributed by atoms with Crippen LogP contribution in [0.1, 0.15) is 16.1 Å². The second kappa shape index (κ2) is 4.88. The van der Waals surface area contributed by atoms with Gasteiger partial charge in [-0.3, -0.25) is 4.79 Å². The Morgan fingerprint density at radius 2 is 2.00 bits per heavy atom. The van der Waals surface area contributed by atoms with Gasteiger partial charge < -0.3 is 10.2 Å². The number of primary amides is 1. The largest absolute Gasteiger partial charge is 0.456 e. The van der Waals surface area contributed by atoms with Crippen LogP contribution in [-0.2, 0) is 0 Å². The Balaban J connectivity index is 2.54. The minimum Gasteiger partial charge on any atom is -0.456 e. The van der Waals surface area contributed by atoms with Crippen LogP contribution in [0, 0.1) is 0 Å². The Morgan fingerprint density at radius 1 is 1.28 bits per heavy atom. The molecule has 2 rings (SSSR count). The van der Waals surface area contributed by atoms with Crippen molar-refractivity contribution in [2.24, 2.45) is 5.73 Å². The molecule has 1 amide bonds. The number of rotatable bonds is 3. The number of halogens is 2. The molecule has 18 heavy (non-hydrogen) atoms. The van der Waals surface area contributed by atoms with Crippen molar-refractivity contribution in [2.75, 3.05) is 0 Å². The number of hydrogen-bond acceptors (Lipinski definition) is 2. The summed E-state index contributed by atoms with van der Waals surface area (Å²) in [4.78, 5) is 11.2. The fourth-order valence-electron chi connectivity index (χ4n) is 1.54. The van der Waals surface area contributed by atoms with Crippen LogP contribution in [0.3, 0.4) is 0 Å². The van der Waals surface area contributed by atoms with E-state index < -0.39 is 5.91 Å². The molecule has 0 saturated heterocycles. The molecule has 0 aliphatic heterocycles. The van der Waals surface area contributed by atoms with Gasteiger partial charge in [-0.25, -0.2) is 0 Å². The molecule has 2 N–H and O–H groups in total. The number of carbonyl (C=O) groups excluding carboxylic acids is 1. The van der Waals surface area contributed by atoms with Gasteiger partial charge in [-0.2, -0.15) is 0 Å². The zero-order chi connectivity index (χ0) is 13.3. The molecule has 2 aromatic rings. The molecule has 0 fully saturated rings. The minimum absolute atomic E-state index is 0.283. The molecule has 1 aromatic carbocycles. The van der Waals surface area contributed by atoms with E-state index in [0.29, 0.717) is 27.1 Å². The molecule has 0 aliphatic rings. The molecule has 0 saturated carbocycles. The van der Waals surface area contributed by atoms with Crippen molar-refractivity contribution in [1.29, 1.82) is 0 Å². The number of furan rings is 1. The average Bonchev–Trinajstić information content (AvgIpc) is 2.77. The third kappa shape index (κ3) is 2.28. The number of amides is 1. The highest BCUT2D eigenvalue weighted by molar-refractivity contribution is 6.42. The monoisotopic (exact) mass is 281 g/mol. The fraction of sp³-hybridized carbons (Fsp3) is 0. The lowest BCUT2D eigenvalue weighted by Crippen LogP contribution is -2.10. The zero-order valence-electron chi connectivity index (χ0n) is 9.24. The summed E-state index contributed by atoms with van der Waals surface area (Å²) in [7, 11) is 0. The van der Waals surface area contributed by atoms with Crippen molar-refractivity contribution in [2.45, 2.75) is 0 Å². The lowest BCUT2D eigenvalue weighted by molar-refractivity contribution is 0.0999. The van der Waals surface area contributed by atoms with E-state index in [4.69, 9.17) is 33.4 Å². The molecular formula is C13H9Cl2NO2. The van der Waals surface area contributed by atoms with Gasteiger partial charge in [0.25, 0.3) is 5.91 Å². The summed E-state index contributed by atoms with van der Waals surface area (Å²) in [6.45, 7) is 3.56. The highest BCUT2D eigenvalue weighted by atomic mass is 35.5. The van der Waals surface area contributed by atoms with Crippen LogP contribution in [0.15, 0.2) is 35.3 Å². The second-order valence-electron chi connectivity index (χ2n) is 3.59. The van der Waals surface area contributed by atoms with Crippen LogP contribution >= 0.6 is 23.2 Å². The van der Waals surface area contributed by atoms with Gasteiger partial charge in [0, 0.05) is 5.56 Å². The molecule has 1 aromatic heterocycles. The maximum Gasteiger partial charge on any atom is 0.252 e. The molecule has 0 radical (unpaired) electrons. The smallest absolute Gasteiger partial charge is 0.252 e. The lowest BCUT2D eigenvalue weighted by Gasteiger charge is -1.99. The van der Waals surface area contributed by atoms with Crippen molar-refractivity contribution in [3.63, 3.8) is 0 Å². The standard InChI is InChI=1S/C13H9Cl2NO2/c1-2-11-8(13(16)17)6-12(18-11)7-3-4-9(14)10(15)5-7/h2-6H,1H2,(H2,16,17). The summed E-state index contributed by atoms with van der Waals surface area (Å²) in [6, 6.07) is 6.60. The van der Waals surface area contributed by atoms with Crippen LogP contribution in [-0.4, -0.2) is 5.91 Å². The molecule has 1 heterocycles. The predicted octanol–water partition coefficient (Wildman–Crippen LogP) is 4.00. The Labute approximate surface area is 114 Å². The van der Waals surface area contributed by atoms with E-state index in [9.17, 15) is 4.79 Å². The summed E-state index contributed by atoms with van der Waals surface area (Å²) in [5.74, 6) is 0.251.